The molecule has 1 saturated carbocycles. The number of hydrogen-bond acceptors (Lipinski definition) is 4. The number of rotatable bonds is 5. The third kappa shape index (κ3) is 3.96. The van der Waals surface area contributed by atoms with Gasteiger partial charge in [0.25, 0.3) is 0 Å². The summed E-state index contributed by atoms with van der Waals surface area (Å²) in [6.45, 7) is 3.91. The van der Waals surface area contributed by atoms with Gasteiger partial charge in [-0.25, -0.2) is 4.79 Å². The first kappa shape index (κ1) is 13.3. The molecule has 18 heavy (non-hydrogen) atoms. The quantitative estimate of drug-likeness (QED) is 0.603. The van der Waals surface area contributed by atoms with E-state index >= 15 is 0 Å². The third-order valence-electron chi connectivity index (χ3n) is 3.48. The monoisotopic (exact) mass is 255 g/mol. The summed E-state index contributed by atoms with van der Waals surface area (Å²) in [4.78, 5) is 24.9. The lowest BCUT2D eigenvalue weighted by molar-refractivity contribution is -0.142. The van der Waals surface area contributed by atoms with Gasteiger partial charge in [-0.2, -0.15) is 0 Å². The Kier molecular flexibility index (Phi) is 4.54. The van der Waals surface area contributed by atoms with Crippen LogP contribution < -0.4 is 10.6 Å². The van der Waals surface area contributed by atoms with E-state index in [1.54, 1.807) is 0 Å². The predicted octanol–water partition coefficient (Wildman–Crippen LogP) is -0.739. The smallest absolute Gasteiger partial charge is 0.326 e. The number of nitrogens with zero attached hydrogens (tertiary/aromatic N) is 1. The van der Waals surface area contributed by atoms with Crippen LogP contribution >= 0.6 is 0 Å². The van der Waals surface area contributed by atoms with E-state index in [4.69, 9.17) is 5.11 Å². The van der Waals surface area contributed by atoms with Gasteiger partial charge in [-0.05, 0) is 38.3 Å². The van der Waals surface area contributed by atoms with Crippen molar-refractivity contribution in [2.45, 2.75) is 25.3 Å². The van der Waals surface area contributed by atoms with Crippen LogP contribution in [0, 0.1) is 5.92 Å². The second kappa shape index (κ2) is 6.15. The van der Waals surface area contributed by atoms with Crippen molar-refractivity contribution in [2.24, 2.45) is 5.92 Å². The molecule has 1 atom stereocenters. The first-order valence-corrected chi connectivity index (χ1v) is 6.62. The van der Waals surface area contributed by atoms with E-state index in [9.17, 15) is 9.59 Å². The molecule has 6 nitrogen and oxygen atoms in total. The summed E-state index contributed by atoms with van der Waals surface area (Å²) in [5.74, 6) is -0.947. The molecule has 0 aromatic carbocycles. The fourth-order valence-electron chi connectivity index (χ4n) is 2.29. The van der Waals surface area contributed by atoms with Crippen LogP contribution in [0.3, 0.4) is 0 Å². The summed E-state index contributed by atoms with van der Waals surface area (Å²) in [6.07, 6.45) is 2.84. The zero-order valence-corrected chi connectivity index (χ0v) is 10.5. The van der Waals surface area contributed by atoms with Gasteiger partial charge < -0.3 is 15.7 Å². The van der Waals surface area contributed by atoms with Crippen molar-refractivity contribution in [1.29, 1.82) is 0 Å². The van der Waals surface area contributed by atoms with Crippen molar-refractivity contribution in [3.8, 4) is 0 Å². The van der Waals surface area contributed by atoms with Crippen LogP contribution in [-0.4, -0.2) is 60.6 Å². The molecule has 0 aromatic rings. The number of carboxylic acids is 1. The van der Waals surface area contributed by atoms with Crippen molar-refractivity contribution >= 4 is 11.9 Å². The van der Waals surface area contributed by atoms with E-state index < -0.39 is 12.0 Å². The van der Waals surface area contributed by atoms with Crippen LogP contribution in [0.4, 0.5) is 0 Å². The van der Waals surface area contributed by atoms with E-state index in [-0.39, 0.29) is 11.8 Å². The summed E-state index contributed by atoms with van der Waals surface area (Å²) >= 11 is 0. The van der Waals surface area contributed by atoms with Gasteiger partial charge in [-0.1, -0.05) is 0 Å². The predicted molar refractivity (Wildman–Crippen MR) is 66.2 cm³/mol. The van der Waals surface area contributed by atoms with Gasteiger partial charge >= 0.3 is 5.97 Å². The maximum absolute atomic E-state index is 11.8. The minimum Gasteiger partial charge on any atom is -0.480 e. The fourth-order valence-corrected chi connectivity index (χ4v) is 2.29. The second-order valence-corrected chi connectivity index (χ2v) is 5.10. The van der Waals surface area contributed by atoms with Crippen LogP contribution in [0.2, 0.25) is 0 Å². The lowest BCUT2D eigenvalue weighted by Crippen LogP contribution is -2.47. The largest absolute Gasteiger partial charge is 0.480 e. The molecule has 1 aliphatic carbocycles. The SMILES string of the molecule is O=C(CN1CCCNCC1)NC(C(=O)O)C1CC1. The van der Waals surface area contributed by atoms with Crippen molar-refractivity contribution in [1.82, 2.24) is 15.5 Å². The van der Waals surface area contributed by atoms with Crippen LogP contribution in [0.15, 0.2) is 0 Å². The average Bonchev–Trinajstić information content (AvgIpc) is 3.13. The van der Waals surface area contributed by atoms with E-state index in [1.165, 1.54) is 0 Å². The molecule has 1 heterocycles. The maximum atomic E-state index is 11.8. The molecule has 1 amide bonds. The normalized spacial score (nSPS) is 23.1. The molecule has 1 unspecified atom stereocenters. The highest BCUT2D eigenvalue weighted by molar-refractivity contribution is 5.85. The molecule has 0 bridgehead atoms. The van der Waals surface area contributed by atoms with Crippen molar-refractivity contribution in [3.63, 3.8) is 0 Å². The number of aliphatic carboxylic acids is 1. The molecular formula is C12H21N3O3. The second-order valence-electron chi connectivity index (χ2n) is 5.10. The number of hydrogen-bond donors (Lipinski definition) is 3. The number of carbonyl (C=O) groups excluding carboxylic acids is 1. The molecule has 0 spiro atoms. The van der Waals surface area contributed by atoms with Crippen molar-refractivity contribution in [2.75, 3.05) is 32.7 Å². The molecule has 2 rings (SSSR count). The van der Waals surface area contributed by atoms with Gasteiger partial charge in [0, 0.05) is 13.1 Å². The highest BCUT2D eigenvalue weighted by atomic mass is 16.4. The Bertz CT molecular complexity index is 310. The van der Waals surface area contributed by atoms with Gasteiger partial charge in [0.1, 0.15) is 6.04 Å². The highest BCUT2D eigenvalue weighted by Crippen LogP contribution is 2.32. The Morgan fingerprint density at radius 3 is 2.78 bits per heavy atom. The molecular weight excluding hydrogens is 234 g/mol. The van der Waals surface area contributed by atoms with Crippen LogP contribution in [0.5, 0.6) is 0 Å². The Labute approximate surface area is 107 Å². The maximum Gasteiger partial charge on any atom is 0.326 e. The summed E-state index contributed by atoms with van der Waals surface area (Å²) in [5.41, 5.74) is 0. The average molecular weight is 255 g/mol. The van der Waals surface area contributed by atoms with Gasteiger partial charge in [-0.15, -0.1) is 0 Å². The standard InChI is InChI=1S/C12H21N3O3/c16-10(8-15-6-1-4-13-5-7-15)14-11(12(17)18)9-2-3-9/h9,11,13H,1-8H2,(H,14,16)(H,17,18). The zero-order chi connectivity index (χ0) is 13.0. The summed E-state index contributed by atoms with van der Waals surface area (Å²) in [7, 11) is 0. The molecule has 2 fully saturated rings. The van der Waals surface area contributed by atoms with Crippen molar-refractivity contribution in [3.05, 3.63) is 0 Å². The van der Waals surface area contributed by atoms with Gasteiger partial charge in [0.05, 0.1) is 6.54 Å². The number of carbonyl (C=O) groups is 2. The molecule has 102 valence electrons. The molecule has 2 aliphatic rings. The first-order valence-electron chi connectivity index (χ1n) is 6.62. The van der Waals surface area contributed by atoms with Gasteiger partial charge in [0.2, 0.25) is 5.91 Å². The number of amides is 1. The molecule has 6 heteroatoms. The van der Waals surface area contributed by atoms with Gasteiger partial charge in [-0.3, -0.25) is 9.69 Å². The van der Waals surface area contributed by atoms with E-state index in [2.05, 4.69) is 15.5 Å². The van der Waals surface area contributed by atoms with E-state index in [0.29, 0.717) is 6.54 Å². The molecule has 1 aliphatic heterocycles. The van der Waals surface area contributed by atoms with Crippen molar-refractivity contribution < 1.29 is 14.7 Å². The molecule has 0 aromatic heterocycles. The van der Waals surface area contributed by atoms with E-state index in [1.807, 2.05) is 0 Å². The Morgan fingerprint density at radius 1 is 1.33 bits per heavy atom. The number of carboxylic acid groups (broad SMARTS) is 1. The minimum absolute atomic E-state index is 0.136. The summed E-state index contributed by atoms with van der Waals surface area (Å²) in [5, 5.41) is 15.0. The molecule has 1 saturated heterocycles. The lowest BCUT2D eigenvalue weighted by Gasteiger charge is -2.20. The Morgan fingerprint density at radius 2 is 2.11 bits per heavy atom. The first-order chi connectivity index (χ1) is 8.66. The third-order valence-corrected chi connectivity index (χ3v) is 3.48. The minimum atomic E-state index is -0.914. The Hall–Kier alpha value is -1.14. The summed E-state index contributed by atoms with van der Waals surface area (Å²) in [6, 6.07) is -0.692. The Balaban J connectivity index is 1.77. The summed E-state index contributed by atoms with van der Waals surface area (Å²) < 4.78 is 0. The van der Waals surface area contributed by atoms with Crippen LogP contribution in [-0.2, 0) is 9.59 Å². The van der Waals surface area contributed by atoms with Crippen LogP contribution in [0.25, 0.3) is 0 Å². The highest BCUT2D eigenvalue weighted by Gasteiger charge is 2.37. The number of nitrogens with one attached hydrogen (secondary N) is 2. The lowest BCUT2D eigenvalue weighted by atomic mass is 10.2. The van der Waals surface area contributed by atoms with Gasteiger partial charge in [0.15, 0.2) is 0 Å². The zero-order valence-electron chi connectivity index (χ0n) is 10.5. The van der Waals surface area contributed by atoms with Crippen LogP contribution in [0.1, 0.15) is 19.3 Å². The topological polar surface area (TPSA) is 81.7 Å². The molecule has 0 radical (unpaired) electrons. The fraction of sp³-hybridized carbons (Fsp3) is 0.833. The molecule has 3 N–H and O–H groups in total. The van der Waals surface area contributed by atoms with E-state index in [0.717, 1.165) is 45.4 Å².